The van der Waals surface area contributed by atoms with Gasteiger partial charge < -0.3 is 15.5 Å². The smallest absolute Gasteiger partial charge is 0.337 e. The van der Waals surface area contributed by atoms with Crippen molar-refractivity contribution in [3.05, 3.63) is 29.8 Å². The maximum Gasteiger partial charge on any atom is 0.337 e. The number of hydrogen-bond donors (Lipinski definition) is 3. The van der Waals surface area contributed by atoms with E-state index in [0.29, 0.717) is 5.69 Å². The molecule has 4 nitrogen and oxygen atoms in total. The summed E-state index contributed by atoms with van der Waals surface area (Å²) in [5, 5.41) is 22.3. The summed E-state index contributed by atoms with van der Waals surface area (Å²) < 4.78 is 0. The van der Waals surface area contributed by atoms with E-state index in [0.717, 1.165) is 32.1 Å². The quantitative estimate of drug-likeness (QED) is 0.720. The van der Waals surface area contributed by atoms with Crippen LogP contribution in [0.5, 0.6) is 0 Å². The summed E-state index contributed by atoms with van der Waals surface area (Å²) in [6, 6.07) is 6.79. The van der Waals surface area contributed by atoms with Gasteiger partial charge in [0.1, 0.15) is 0 Å². The first-order valence-electron chi connectivity index (χ1n) is 6.45. The largest absolute Gasteiger partial charge is 0.478 e. The molecule has 2 rings (SSSR count). The summed E-state index contributed by atoms with van der Waals surface area (Å²) in [6.07, 6.45) is 4.52. The second kappa shape index (κ2) is 5.87. The van der Waals surface area contributed by atoms with Crippen LogP contribution in [0.4, 0.5) is 5.69 Å². The lowest BCUT2D eigenvalue weighted by Gasteiger charge is -2.23. The van der Waals surface area contributed by atoms with Gasteiger partial charge in [-0.15, -0.1) is 0 Å². The van der Waals surface area contributed by atoms with E-state index in [2.05, 4.69) is 5.32 Å². The van der Waals surface area contributed by atoms with Crippen molar-refractivity contribution in [2.75, 3.05) is 5.32 Å². The van der Waals surface area contributed by atoms with Gasteiger partial charge in [-0.1, -0.05) is 31.4 Å². The number of aromatic carboxylic acids is 1. The van der Waals surface area contributed by atoms with E-state index < -0.39 is 12.1 Å². The Morgan fingerprint density at radius 1 is 1.17 bits per heavy atom. The van der Waals surface area contributed by atoms with Crippen LogP contribution in [0, 0.1) is 0 Å². The minimum Gasteiger partial charge on any atom is -0.478 e. The molecule has 1 aliphatic carbocycles. The molecule has 0 aromatic heterocycles. The van der Waals surface area contributed by atoms with Gasteiger partial charge in [0.25, 0.3) is 0 Å². The van der Waals surface area contributed by atoms with Crippen LogP contribution < -0.4 is 5.32 Å². The molecule has 0 amide bonds. The number of carboxylic acids is 1. The zero-order chi connectivity index (χ0) is 13.0. The SMILES string of the molecule is O=C(O)c1ccccc1NC1CCCCCC1O. The van der Waals surface area contributed by atoms with Crippen LogP contribution in [0.25, 0.3) is 0 Å². The minimum atomic E-state index is -0.943. The summed E-state index contributed by atoms with van der Waals surface area (Å²) in [7, 11) is 0. The van der Waals surface area contributed by atoms with E-state index in [1.807, 2.05) is 0 Å². The summed E-state index contributed by atoms with van der Waals surface area (Å²) >= 11 is 0. The molecule has 0 heterocycles. The number of rotatable bonds is 3. The molecule has 2 atom stereocenters. The molecule has 2 unspecified atom stereocenters. The average Bonchev–Trinajstić information content (AvgIpc) is 2.55. The third-order valence-corrected chi connectivity index (χ3v) is 3.48. The van der Waals surface area contributed by atoms with Crippen molar-refractivity contribution in [1.82, 2.24) is 0 Å². The van der Waals surface area contributed by atoms with Gasteiger partial charge in [-0.3, -0.25) is 0 Å². The Labute approximate surface area is 107 Å². The Hall–Kier alpha value is -1.55. The van der Waals surface area contributed by atoms with Crippen molar-refractivity contribution in [2.45, 2.75) is 44.2 Å². The highest BCUT2D eigenvalue weighted by Crippen LogP contribution is 2.23. The Balaban J connectivity index is 2.14. The van der Waals surface area contributed by atoms with Gasteiger partial charge in [-0.25, -0.2) is 4.79 Å². The van der Waals surface area contributed by atoms with E-state index in [-0.39, 0.29) is 11.6 Å². The number of anilines is 1. The van der Waals surface area contributed by atoms with E-state index in [1.54, 1.807) is 24.3 Å². The van der Waals surface area contributed by atoms with Crippen LogP contribution in [0.2, 0.25) is 0 Å². The van der Waals surface area contributed by atoms with Crippen LogP contribution >= 0.6 is 0 Å². The zero-order valence-electron chi connectivity index (χ0n) is 10.3. The van der Waals surface area contributed by atoms with Gasteiger partial charge in [-0.05, 0) is 25.0 Å². The minimum absolute atomic E-state index is 0.0481. The summed E-state index contributed by atoms with van der Waals surface area (Å²) in [5.74, 6) is -0.943. The average molecular weight is 249 g/mol. The predicted octanol–water partition coefficient (Wildman–Crippen LogP) is 2.49. The number of carbonyl (C=O) groups is 1. The predicted molar refractivity (Wildman–Crippen MR) is 69.9 cm³/mol. The van der Waals surface area contributed by atoms with Gasteiger partial charge in [0, 0.05) is 5.69 Å². The number of aliphatic hydroxyl groups is 1. The van der Waals surface area contributed by atoms with Crippen molar-refractivity contribution in [1.29, 1.82) is 0 Å². The Bertz CT molecular complexity index is 419. The van der Waals surface area contributed by atoms with Crippen molar-refractivity contribution in [3.8, 4) is 0 Å². The van der Waals surface area contributed by atoms with Crippen molar-refractivity contribution >= 4 is 11.7 Å². The Kier molecular flexibility index (Phi) is 4.20. The fourth-order valence-corrected chi connectivity index (χ4v) is 2.45. The van der Waals surface area contributed by atoms with Gasteiger partial charge in [-0.2, -0.15) is 0 Å². The molecule has 18 heavy (non-hydrogen) atoms. The normalized spacial score (nSPS) is 24.3. The van der Waals surface area contributed by atoms with Crippen LogP contribution in [0.3, 0.4) is 0 Å². The highest BCUT2D eigenvalue weighted by Gasteiger charge is 2.22. The molecular formula is C14H19NO3. The summed E-state index contributed by atoms with van der Waals surface area (Å²) in [4.78, 5) is 11.1. The first-order chi connectivity index (χ1) is 8.68. The summed E-state index contributed by atoms with van der Waals surface area (Å²) in [6.45, 7) is 0. The molecule has 4 heteroatoms. The molecule has 3 N–H and O–H groups in total. The molecule has 98 valence electrons. The van der Waals surface area contributed by atoms with Gasteiger partial charge in [0.2, 0.25) is 0 Å². The maximum atomic E-state index is 11.1. The van der Waals surface area contributed by atoms with Crippen molar-refractivity contribution < 1.29 is 15.0 Å². The first kappa shape index (κ1) is 12.9. The van der Waals surface area contributed by atoms with Crippen LogP contribution in [0.1, 0.15) is 42.5 Å². The van der Waals surface area contributed by atoms with Gasteiger partial charge in [0.15, 0.2) is 0 Å². The number of hydrogen-bond acceptors (Lipinski definition) is 3. The Morgan fingerprint density at radius 3 is 2.67 bits per heavy atom. The van der Waals surface area contributed by atoms with E-state index >= 15 is 0 Å². The maximum absolute atomic E-state index is 11.1. The van der Waals surface area contributed by atoms with Crippen LogP contribution in [-0.4, -0.2) is 28.3 Å². The lowest BCUT2D eigenvalue weighted by atomic mass is 10.0. The zero-order valence-corrected chi connectivity index (χ0v) is 10.3. The highest BCUT2D eigenvalue weighted by molar-refractivity contribution is 5.94. The summed E-state index contributed by atoms with van der Waals surface area (Å²) in [5.41, 5.74) is 0.852. The van der Waals surface area contributed by atoms with E-state index in [1.165, 1.54) is 0 Å². The number of nitrogens with one attached hydrogen (secondary N) is 1. The monoisotopic (exact) mass is 249 g/mol. The lowest BCUT2D eigenvalue weighted by molar-refractivity contribution is 0.0697. The molecule has 0 bridgehead atoms. The number of carboxylic acid groups (broad SMARTS) is 1. The molecule has 1 aromatic rings. The third-order valence-electron chi connectivity index (χ3n) is 3.48. The molecule has 1 aromatic carbocycles. The second-order valence-electron chi connectivity index (χ2n) is 4.81. The fourth-order valence-electron chi connectivity index (χ4n) is 2.45. The lowest BCUT2D eigenvalue weighted by Crippen LogP contribution is -2.33. The van der Waals surface area contributed by atoms with Gasteiger partial charge in [0.05, 0.1) is 17.7 Å². The van der Waals surface area contributed by atoms with Crippen LogP contribution in [-0.2, 0) is 0 Å². The molecule has 0 aliphatic heterocycles. The first-order valence-corrected chi connectivity index (χ1v) is 6.45. The van der Waals surface area contributed by atoms with E-state index in [9.17, 15) is 9.90 Å². The Morgan fingerprint density at radius 2 is 1.89 bits per heavy atom. The molecule has 0 spiro atoms. The molecule has 0 saturated heterocycles. The van der Waals surface area contributed by atoms with Gasteiger partial charge >= 0.3 is 5.97 Å². The fraction of sp³-hybridized carbons (Fsp3) is 0.500. The molecular weight excluding hydrogens is 230 g/mol. The number of para-hydroxylation sites is 1. The van der Waals surface area contributed by atoms with Crippen molar-refractivity contribution in [3.63, 3.8) is 0 Å². The number of benzene rings is 1. The van der Waals surface area contributed by atoms with Crippen LogP contribution in [0.15, 0.2) is 24.3 Å². The van der Waals surface area contributed by atoms with E-state index in [4.69, 9.17) is 5.11 Å². The number of aliphatic hydroxyl groups excluding tert-OH is 1. The standard InChI is InChI=1S/C14H19NO3/c16-13-9-3-1-2-8-12(13)15-11-7-5-4-6-10(11)14(17)18/h4-7,12-13,15-16H,1-3,8-9H2,(H,17,18). The second-order valence-corrected chi connectivity index (χ2v) is 4.81. The molecule has 0 radical (unpaired) electrons. The molecule has 1 saturated carbocycles. The topological polar surface area (TPSA) is 69.6 Å². The highest BCUT2D eigenvalue weighted by atomic mass is 16.4. The van der Waals surface area contributed by atoms with Crippen molar-refractivity contribution in [2.24, 2.45) is 0 Å². The molecule has 1 fully saturated rings. The molecule has 1 aliphatic rings. The third kappa shape index (κ3) is 3.01.